The van der Waals surface area contributed by atoms with Crippen LogP contribution in [0.2, 0.25) is 0 Å². The van der Waals surface area contributed by atoms with Crippen molar-refractivity contribution in [2.24, 2.45) is 7.05 Å². The van der Waals surface area contributed by atoms with Crippen LogP contribution in [0, 0.1) is 0 Å². The fourth-order valence-corrected chi connectivity index (χ4v) is 1.68. The molecule has 0 aromatic carbocycles. The Morgan fingerprint density at radius 2 is 2.30 bits per heavy atom. The number of carbonyl (C=O) groups is 1. The van der Waals surface area contributed by atoms with Gasteiger partial charge < -0.3 is 10.6 Å². The van der Waals surface area contributed by atoms with Gasteiger partial charge in [0.2, 0.25) is 0 Å². The van der Waals surface area contributed by atoms with E-state index in [9.17, 15) is 4.79 Å². The Morgan fingerprint density at radius 3 is 2.95 bits per heavy atom. The van der Waals surface area contributed by atoms with Crippen LogP contribution >= 0.6 is 0 Å². The minimum atomic E-state index is -0.221. The third-order valence-corrected chi connectivity index (χ3v) is 2.73. The lowest BCUT2D eigenvalue weighted by Crippen LogP contribution is -2.37. The Kier molecular flexibility index (Phi) is 4.64. The molecule has 2 aromatic rings. The molecule has 108 valence electrons. The molecule has 9 nitrogen and oxygen atoms in total. The van der Waals surface area contributed by atoms with Gasteiger partial charge in [0.05, 0.1) is 18.4 Å². The van der Waals surface area contributed by atoms with Crippen LogP contribution in [-0.2, 0) is 13.6 Å². The van der Waals surface area contributed by atoms with E-state index in [4.69, 9.17) is 0 Å². The molecule has 0 saturated heterocycles. The lowest BCUT2D eigenvalue weighted by molar-refractivity contribution is 0.237. The van der Waals surface area contributed by atoms with E-state index < -0.39 is 0 Å². The van der Waals surface area contributed by atoms with Crippen LogP contribution in [0.5, 0.6) is 0 Å². The third kappa shape index (κ3) is 4.04. The first kappa shape index (κ1) is 14.0. The van der Waals surface area contributed by atoms with Crippen molar-refractivity contribution < 1.29 is 4.79 Å². The first-order chi connectivity index (χ1) is 9.65. The summed E-state index contributed by atoms with van der Waals surface area (Å²) in [7, 11) is 1.79. The highest BCUT2D eigenvalue weighted by Gasteiger charge is 2.11. The molecule has 2 amide bonds. The van der Waals surface area contributed by atoms with Crippen LogP contribution in [0.15, 0.2) is 18.6 Å². The molecule has 0 aliphatic heterocycles. The van der Waals surface area contributed by atoms with Gasteiger partial charge in [0.15, 0.2) is 0 Å². The average Bonchev–Trinajstić information content (AvgIpc) is 3.06. The monoisotopic (exact) mass is 278 g/mol. The van der Waals surface area contributed by atoms with Crippen molar-refractivity contribution in [2.45, 2.75) is 25.9 Å². The fraction of sp³-hybridized carbons (Fsp3) is 0.545. The highest BCUT2D eigenvalue weighted by atomic mass is 16.2. The molecule has 0 saturated carbocycles. The maximum atomic E-state index is 11.7. The first-order valence-electron chi connectivity index (χ1n) is 6.40. The molecule has 0 bridgehead atoms. The molecule has 1 unspecified atom stereocenters. The predicted molar refractivity (Wildman–Crippen MR) is 70.6 cm³/mol. The number of amides is 2. The Bertz CT molecular complexity index is 534. The second-order valence-electron chi connectivity index (χ2n) is 4.46. The highest BCUT2D eigenvalue weighted by Crippen LogP contribution is 2.06. The van der Waals surface area contributed by atoms with Gasteiger partial charge in [-0.1, -0.05) is 10.4 Å². The van der Waals surface area contributed by atoms with Crippen LogP contribution in [0.4, 0.5) is 4.79 Å². The average molecular weight is 278 g/mol. The van der Waals surface area contributed by atoms with Crippen molar-refractivity contribution in [1.29, 1.82) is 0 Å². The summed E-state index contributed by atoms with van der Waals surface area (Å²) < 4.78 is 3.32. The smallest absolute Gasteiger partial charge is 0.315 e. The number of urea groups is 1. The predicted octanol–water partition coefficient (Wildman–Crippen LogP) is -0.143. The number of carbonyl (C=O) groups excluding carboxylic acids is 1. The molecular formula is C11H18N8O. The van der Waals surface area contributed by atoms with E-state index in [-0.39, 0.29) is 12.1 Å². The number of nitrogens with zero attached hydrogens (tertiary/aromatic N) is 6. The maximum Gasteiger partial charge on any atom is 0.315 e. The molecule has 0 radical (unpaired) electrons. The zero-order valence-electron chi connectivity index (χ0n) is 11.5. The Hall–Kier alpha value is -2.45. The van der Waals surface area contributed by atoms with Gasteiger partial charge in [-0.25, -0.2) is 4.79 Å². The van der Waals surface area contributed by atoms with Crippen molar-refractivity contribution in [3.8, 4) is 0 Å². The summed E-state index contributed by atoms with van der Waals surface area (Å²) in [4.78, 5) is 11.7. The topological polar surface area (TPSA) is 103 Å². The van der Waals surface area contributed by atoms with Gasteiger partial charge in [0.1, 0.15) is 5.69 Å². The van der Waals surface area contributed by atoms with Crippen molar-refractivity contribution in [3.05, 3.63) is 24.3 Å². The van der Waals surface area contributed by atoms with Crippen LogP contribution < -0.4 is 10.6 Å². The fourth-order valence-electron chi connectivity index (χ4n) is 1.68. The van der Waals surface area contributed by atoms with Crippen molar-refractivity contribution in [3.63, 3.8) is 0 Å². The SMILES string of the molecule is CC(NC(=O)NCCCn1ccnn1)c1cn(C)nn1. The van der Waals surface area contributed by atoms with Crippen LogP contribution in [0.1, 0.15) is 25.1 Å². The van der Waals surface area contributed by atoms with Crippen LogP contribution in [0.3, 0.4) is 0 Å². The van der Waals surface area contributed by atoms with E-state index >= 15 is 0 Å². The van der Waals surface area contributed by atoms with Crippen molar-refractivity contribution >= 4 is 6.03 Å². The summed E-state index contributed by atoms with van der Waals surface area (Å²) >= 11 is 0. The second kappa shape index (κ2) is 6.64. The van der Waals surface area contributed by atoms with E-state index in [2.05, 4.69) is 31.3 Å². The van der Waals surface area contributed by atoms with E-state index in [1.165, 1.54) is 0 Å². The molecule has 2 rings (SSSR count). The molecule has 2 aromatic heterocycles. The largest absolute Gasteiger partial charge is 0.338 e. The number of aromatic nitrogens is 6. The van der Waals surface area contributed by atoms with Gasteiger partial charge in [-0.05, 0) is 13.3 Å². The molecule has 2 N–H and O–H groups in total. The summed E-state index contributed by atoms with van der Waals surface area (Å²) in [5.41, 5.74) is 0.727. The van der Waals surface area contributed by atoms with E-state index in [0.29, 0.717) is 6.54 Å². The molecule has 1 atom stereocenters. The molecule has 0 aliphatic rings. The molecule has 2 heterocycles. The van der Waals surface area contributed by atoms with Crippen molar-refractivity contribution in [1.82, 2.24) is 40.6 Å². The van der Waals surface area contributed by atoms with E-state index in [1.54, 1.807) is 35.0 Å². The maximum absolute atomic E-state index is 11.7. The number of hydrogen-bond donors (Lipinski definition) is 2. The first-order valence-corrected chi connectivity index (χ1v) is 6.40. The highest BCUT2D eigenvalue weighted by molar-refractivity contribution is 5.74. The zero-order valence-corrected chi connectivity index (χ0v) is 11.5. The number of nitrogens with one attached hydrogen (secondary N) is 2. The van der Waals surface area contributed by atoms with Crippen molar-refractivity contribution in [2.75, 3.05) is 6.54 Å². The number of hydrogen-bond acceptors (Lipinski definition) is 5. The minimum absolute atomic E-state index is 0.181. The summed E-state index contributed by atoms with van der Waals surface area (Å²) in [6, 6.07) is -0.402. The molecule has 0 aliphatic carbocycles. The van der Waals surface area contributed by atoms with Gasteiger partial charge in [-0.3, -0.25) is 9.36 Å². The standard InChI is InChI=1S/C11H18N8O/c1-9(10-8-18(2)17-15-10)14-11(20)12-4-3-6-19-7-5-13-16-19/h5,7-9H,3-4,6H2,1-2H3,(H2,12,14,20). The molecular weight excluding hydrogens is 260 g/mol. The minimum Gasteiger partial charge on any atom is -0.338 e. The molecule has 0 spiro atoms. The summed E-state index contributed by atoms with van der Waals surface area (Å²) in [5.74, 6) is 0. The van der Waals surface area contributed by atoms with Gasteiger partial charge in [0.25, 0.3) is 0 Å². The summed E-state index contributed by atoms with van der Waals surface area (Å²) in [6.45, 7) is 3.15. The van der Waals surface area contributed by atoms with E-state index in [0.717, 1.165) is 18.7 Å². The van der Waals surface area contributed by atoms with Gasteiger partial charge >= 0.3 is 6.03 Å². The second-order valence-corrected chi connectivity index (χ2v) is 4.46. The lowest BCUT2D eigenvalue weighted by atomic mass is 10.2. The number of rotatable bonds is 6. The number of aryl methyl sites for hydroxylation is 2. The summed E-state index contributed by atoms with van der Waals surface area (Å²) in [5, 5.41) is 20.9. The van der Waals surface area contributed by atoms with Gasteiger partial charge in [-0.15, -0.1) is 10.2 Å². The molecule has 9 heteroatoms. The zero-order chi connectivity index (χ0) is 14.4. The van der Waals surface area contributed by atoms with Crippen LogP contribution in [-0.4, -0.2) is 42.6 Å². The third-order valence-electron chi connectivity index (χ3n) is 2.73. The van der Waals surface area contributed by atoms with Gasteiger partial charge in [-0.2, -0.15) is 0 Å². The lowest BCUT2D eigenvalue weighted by Gasteiger charge is -2.12. The summed E-state index contributed by atoms with van der Waals surface area (Å²) in [6.07, 6.45) is 5.98. The normalized spacial score (nSPS) is 12.1. The quantitative estimate of drug-likeness (QED) is 0.716. The Morgan fingerprint density at radius 1 is 1.45 bits per heavy atom. The molecule has 0 fully saturated rings. The van der Waals surface area contributed by atoms with E-state index in [1.807, 2.05) is 6.92 Å². The van der Waals surface area contributed by atoms with Crippen LogP contribution in [0.25, 0.3) is 0 Å². The Balaban J connectivity index is 1.65. The Labute approximate surface area is 116 Å². The van der Waals surface area contributed by atoms with Gasteiger partial charge in [0, 0.05) is 26.3 Å². The molecule has 20 heavy (non-hydrogen) atoms.